The van der Waals surface area contributed by atoms with E-state index in [1.54, 1.807) is 0 Å². The van der Waals surface area contributed by atoms with Gasteiger partial charge in [-0.2, -0.15) is 0 Å². The van der Waals surface area contributed by atoms with Crippen LogP contribution < -0.4 is 11.1 Å². The van der Waals surface area contributed by atoms with Gasteiger partial charge in [-0.15, -0.1) is 24.8 Å². The average Bonchev–Trinajstić information content (AvgIpc) is 2.53. The van der Waals surface area contributed by atoms with Gasteiger partial charge in [0.15, 0.2) is 0 Å². The number of nitrogens with zero attached hydrogens (tertiary/aromatic N) is 1. The van der Waals surface area contributed by atoms with E-state index in [2.05, 4.69) is 24.1 Å². The second kappa shape index (κ2) is 13.2. The number of rotatable bonds is 7. The van der Waals surface area contributed by atoms with E-state index in [4.69, 9.17) is 10.5 Å². The molecule has 2 aliphatic heterocycles. The van der Waals surface area contributed by atoms with Crippen LogP contribution in [-0.4, -0.2) is 56.2 Å². The SMILES string of the molecule is CC1CC(C)CN(CCCCNC(=O)C(N)C2CCOCC2)C1.Cl.Cl. The smallest absolute Gasteiger partial charge is 0.237 e. The number of nitrogens with one attached hydrogen (secondary N) is 1. The lowest BCUT2D eigenvalue weighted by Gasteiger charge is -2.35. The minimum atomic E-state index is -0.373. The predicted octanol–water partition coefficient (Wildman–Crippen LogP) is 2.46. The van der Waals surface area contributed by atoms with Crippen LogP contribution in [0, 0.1) is 17.8 Å². The molecule has 2 saturated heterocycles. The van der Waals surface area contributed by atoms with Crippen molar-refractivity contribution in [2.75, 3.05) is 39.4 Å². The number of ether oxygens (including phenoxy) is 1. The second-order valence-electron chi connectivity index (χ2n) is 7.68. The first-order chi connectivity index (χ1) is 11.1. The number of hydrogen-bond acceptors (Lipinski definition) is 4. The van der Waals surface area contributed by atoms with Crippen molar-refractivity contribution in [3.05, 3.63) is 0 Å². The van der Waals surface area contributed by atoms with Crippen LogP contribution in [0.25, 0.3) is 0 Å². The number of unbranched alkanes of at least 4 members (excludes halogenated alkanes) is 1. The third-order valence-electron chi connectivity index (χ3n) is 5.22. The summed E-state index contributed by atoms with van der Waals surface area (Å²) in [5.41, 5.74) is 6.08. The fourth-order valence-corrected chi connectivity index (χ4v) is 4.05. The summed E-state index contributed by atoms with van der Waals surface area (Å²) in [5.74, 6) is 1.92. The number of piperidine rings is 1. The van der Waals surface area contributed by atoms with E-state index in [1.807, 2.05) is 0 Å². The van der Waals surface area contributed by atoms with Gasteiger partial charge in [-0.05, 0) is 56.4 Å². The van der Waals surface area contributed by atoms with E-state index in [1.165, 1.54) is 19.5 Å². The summed E-state index contributed by atoms with van der Waals surface area (Å²) in [6, 6.07) is -0.373. The van der Waals surface area contributed by atoms with E-state index < -0.39 is 0 Å². The molecule has 3 atom stereocenters. The highest BCUT2D eigenvalue weighted by molar-refractivity contribution is 5.85. The lowest BCUT2D eigenvalue weighted by molar-refractivity contribution is -0.124. The molecule has 7 heteroatoms. The Hall–Kier alpha value is -0.0700. The van der Waals surface area contributed by atoms with Crippen LogP contribution in [0.1, 0.15) is 46.0 Å². The van der Waals surface area contributed by atoms with Crippen molar-refractivity contribution in [1.82, 2.24) is 10.2 Å². The maximum Gasteiger partial charge on any atom is 0.237 e. The fraction of sp³-hybridized carbons (Fsp3) is 0.944. The lowest BCUT2D eigenvalue weighted by Crippen LogP contribution is -2.47. The molecule has 0 aliphatic carbocycles. The number of likely N-dealkylation sites (tertiary alicyclic amines) is 1. The number of carbonyl (C=O) groups is 1. The largest absolute Gasteiger partial charge is 0.381 e. The van der Waals surface area contributed by atoms with Crippen molar-refractivity contribution in [1.29, 1.82) is 0 Å². The first-order valence-corrected chi connectivity index (χ1v) is 9.39. The molecule has 5 nitrogen and oxygen atoms in total. The van der Waals surface area contributed by atoms with Gasteiger partial charge in [0.2, 0.25) is 5.91 Å². The van der Waals surface area contributed by atoms with E-state index in [-0.39, 0.29) is 42.7 Å². The molecule has 0 bridgehead atoms. The molecule has 2 heterocycles. The summed E-state index contributed by atoms with van der Waals surface area (Å²) in [4.78, 5) is 14.7. The van der Waals surface area contributed by atoms with Gasteiger partial charge in [-0.1, -0.05) is 13.8 Å². The van der Waals surface area contributed by atoms with Crippen molar-refractivity contribution in [2.24, 2.45) is 23.5 Å². The molecule has 25 heavy (non-hydrogen) atoms. The standard InChI is InChI=1S/C18H35N3O2.2ClH/c1-14-11-15(2)13-21(12-14)8-4-3-7-20-18(22)17(19)16-5-9-23-10-6-16;;/h14-17H,3-13,19H2,1-2H3,(H,20,22);2*1H. The summed E-state index contributed by atoms with van der Waals surface area (Å²) in [7, 11) is 0. The summed E-state index contributed by atoms with van der Waals surface area (Å²) in [6.07, 6.45) is 5.34. The Labute approximate surface area is 165 Å². The number of nitrogens with two attached hydrogens (primary N) is 1. The predicted molar refractivity (Wildman–Crippen MR) is 108 cm³/mol. The van der Waals surface area contributed by atoms with Crippen molar-refractivity contribution < 1.29 is 9.53 Å². The summed E-state index contributed by atoms with van der Waals surface area (Å²) >= 11 is 0. The Kier molecular flexibility index (Phi) is 13.1. The molecule has 0 radical (unpaired) electrons. The maximum absolute atomic E-state index is 12.1. The van der Waals surface area contributed by atoms with Crippen LogP contribution in [0.2, 0.25) is 0 Å². The molecule has 3 N–H and O–H groups in total. The zero-order valence-corrected chi connectivity index (χ0v) is 17.4. The molecule has 1 amide bonds. The third-order valence-corrected chi connectivity index (χ3v) is 5.22. The van der Waals surface area contributed by atoms with Gasteiger partial charge >= 0.3 is 0 Å². The summed E-state index contributed by atoms with van der Waals surface area (Å²) in [5, 5.41) is 3.01. The molecule has 0 aromatic heterocycles. The van der Waals surface area contributed by atoms with Crippen LogP contribution in [0.3, 0.4) is 0 Å². The summed E-state index contributed by atoms with van der Waals surface area (Å²) in [6.45, 7) is 10.5. The first kappa shape index (κ1) is 24.9. The minimum absolute atomic E-state index is 0. The average molecular weight is 398 g/mol. The van der Waals surface area contributed by atoms with Gasteiger partial charge in [0.1, 0.15) is 0 Å². The Morgan fingerprint density at radius 2 is 1.76 bits per heavy atom. The van der Waals surface area contributed by atoms with E-state index >= 15 is 0 Å². The highest BCUT2D eigenvalue weighted by Gasteiger charge is 2.26. The maximum atomic E-state index is 12.1. The quantitative estimate of drug-likeness (QED) is 0.647. The Bertz CT molecular complexity index is 358. The van der Waals surface area contributed by atoms with Gasteiger partial charge in [-0.3, -0.25) is 4.79 Å². The number of halogens is 2. The normalized spacial score (nSPS) is 26.2. The Balaban J connectivity index is 0.00000288. The summed E-state index contributed by atoms with van der Waals surface area (Å²) < 4.78 is 5.32. The minimum Gasteiger partial charge on any atom is -0.381 e. The van der Waals surface area contributed by atoms with Crippen LogP contribution in [0.5, 0.6) is 0 Å². The van der Waals surface area contributed by atoms with Crippen molar-refractivity contribution in [3.8, 4) is 0 Å². The Morgan fingerprint density at radius 3 is 2.36 bits per heavy atom. The van der Waals surface area contributed by atoms with Gasteiger partial charge in [0.25, 0.3) is 0 Å². The van der Waals surface area contributed by atoms with Gasteiger partial charge in [0.05, 0.1) is 6.04 Å². The zero-order chi connectivity index (χ0) is 16.7. The number of amides is 1. The highest BCUT2D eigenvalue weighted by Crippen LogP contribution is 2.21. The van der Waals surface area contributed by atoms with Crippen molar-refractivity contribution in [3.63, 3.8) is 0 Å². The molecule has 0 spiro atoms. The number of carbonyl (C=O) groups excluding carboxylic acids is 1. The van der Waals surface area contributed by atoms with Crippen molar-refractivity contribution in [2.45, 2.75) is 52.0 Å². The van der Waals surface area contributed by atoms with Gasteiger partial charge in [0, 0.05) is 32.8 Å². The van der Waals surface area contributed by atoms with Crippen LogP contribution in [0.4, 0.5) is 0 Å². The molecule has 3 unspecified atom stereocenters. The zero-order valence-electron chi connectivity index (χ0n) is 15.7. The molecule has 0 saturated carbocycles. The third kappa shape index (κ3) is 8.91. The highest BCUT2D eigenvalue weighted by atomic mass is 35.5. The first-order valence-electron chi connectivity index (χ1n) is 9.39. The number of hydrogen-bond donors (Lipinski definition) is 2. The molecule has 150 valence electrons. The molecule has 2 aliphatic rings. The van der Waals surface area contributed by atoms with Crippen LogP contribution in [0.15, 0.2) is 0 Å². The fourth-order valence-electron chi connectivity index (χ4n) is 4.05. The molecule has 0 aromatic carbocycles. The molecule has 2 fully saturated rings. The van der Waals surface area contributed by atoms with Crippen LogP contribution >= 0.6 is 24.8 Å². The topological polar surface area (TPSA) is 67.6 Å². The second-order valence-corrected chi connectivity index (χ2v) is 7.68. The van der Waals surface area contributed by atoms with E-state index in [0.717, 1.165) is 63.8 Å². The van der Waals surface area contributed by atoms with E-state index in [0.29, 0.717) is 0 Å². The monoisotopic (exact) mass is 397 g/mol. The molecular formula is C18H37Cl2N3O2. The molecular weight excluding hydrogens is 361 g/mol. The van der Waals surface area contributed by atoms with Crippen LogP contribution in [-0.2, 0) is 9.53 Å². The molecule has 2 rings (SSSR count). The van der Waals surface area contributed by atoms with Gasteiger partial charge in [-0.25, -0.2) is 0 Å². The van der Waals surface area contributed by atoms with Gasteiger partial charge < -0.3 is 20.7 Å². The van der Waals surface area contributed by atoms with E-state index in [9.17, 15) is 4.79 Å². The van der Waals surface area contributed by atoms with Crippen molar-refractivity contribution >= 4 is 30.7 Å². The molecule has 0 aromatic rings. The Morgan fingerprint density at radius 1 is 1.16 bits per heavy atom. The lowest BCUT2D eigenvalue weighted by atomic mass is 9.91.